The van der Waals surface area contributed by atoms with Gasteiger partial charge in [-0.15, -0.1) is 0 Å². The Morgan fingerprint density at radius 1 is 1.77 bits per heavy atom. The second kappa shape index (κ2) is 3.46. The van der Waals surface area contributed by atoms with Crippen LogP contribution in [0.5, 0.6) is 0 Å². The van der Waals surface area contributed by atoms with Gasteiger partial charge in [0.05, 0.1) is 4.52 Å². The molecule has 0 aliphatic heterocycles. The lowest BCUT2D eigenvalue weighted by molar-refractivity contribution is 0.586. The van der Waals surface area contributed by atoms with Crippen LogP contribution in [0.3, 0.4) is 0 Å². The van der Waals surface area contributed by atoms with Crippen LogP contribution in [0, 0.1) is 0 Å². The summed E-state index contributed by atoms with van der Waals surface area (Å²) in [7, 11) is -3.95. The van der Waals surface area contributed by atoms with E-state index in [0.717, 1.165) is 3.97 Å². The second-order valence-electron chi connectivity index (χ2n) is 2.14. The molecule has 7 nitrogen and oxygen atoms in total. The number of hydrogen-bond acceptors (Lipinski definition) is 3. The summed E-state index contributed by atoms with van der Waals surface area (Å²) in [5, 5.41) is 0. The summed E-state index contributed by atoms with van der Waals surface area (Å²) in [5.41, 5.74) is 8.01. The molecule has 1 heterocycles. The van der Waals surface area contributed by atoms with Gasteiger partial charge in [0, 0.05) is 23.7 Å². The Labute approximate surface area is 74.8 Å². The van der Waals surface area contributed by atoms with Crippen molar-refractivity contribution in [3.8, 4) is 0 Å². The van der Waals surface area contributed by atoms with E-state index in [2.05, 4.69) is 14.4 Å². The third-order valence-corrected chi connectivity index (χ3v) is 2.49. The van der Waals surface area contributed by atoms with E-state index >= 15 is 0 Å². The molecule has 1 rings (SSSR count). The first-order chi connectivity index (χ1) is 6.11. The van der Waals surface area contributed by atoms with E-state index in [1.807, 2.05) is 0 Å². The molecular formula is C5H7N5O2S. The topological polar surface area (TPSA) is 101 Å². The number of azide groups is 1. The van der Waals surface area contributed by atoms with Crippen molar-refractivity contribution in [3.63, 3.8) is 0 Å². The van der Waals surface area contributed by atoms with E-state index < -0.39 is 10.2 Å². The maximum Gasteiger partial charge on any atom is 0.329 e. The molecule has 0 atom stereocenters. The lowest BCUT2D eigenvalue weighted by Crippen LogP contribution is -2.10. The zero-order valence-electron chi connectivity index (χ0n) is 6.82. The molecule has 0 unspecified atom stereocenters. The summed E-state index contributed by atoms with van der Waals surface area (Å²) >= 11 is 0. The van der Waals surface area contributed by atoms with E-state index in [0.29, 0.717) is 12.2 Å². The summed E-state index contributed by atoms with van der Waals surface area (Å²) < 4.78 is 25.9. The summed E-state index contributed by atoms with van der Waals surface area (Å²) in [5.74, 6) is 0.340. The van der Waals surface area contributed by atoms with Gasteiger partial charge in [-0.1, -0.05) is 6.92 Å². The van der Waals surface area contributed by atoms with E-state index in [9.17, 15) is 8.42 Å². The number of imidazole rings is 1. The smallest absolute Gasteiger partial charge is 0.241 e. The highest BCUT2D eigenvalue weighted by Crippen LogP contribution is 2.05. The molecule has 0 aromatic carbocycles. The maximum atomic E-state index is 11.2. The third kappa shape index (κ3) is 1.79. The largest absolute Gasteiger partial charge is 0.329 e. The fraction of sp³-hybridized carbons (Fsp3) is 0.400. The van der Waals surface area contributed by atoms with Gasteiger partial charge in [0.15, 0.2) is 0 Å². The predicted octanol–water partition coefficient (Wildman–Crippen LogP) is 0.849. The Kier molecular flexibility index (Phi) is 2.54. The van der Waals surface area contributed by atoms with Crippen LogP contribution >= 0.6 is 0 Å². The lowest BCUT2D eigenvalue weighted by atomic mass is 10.5. The van der Waals surface area contributed by atoms with Gasteiger partial charge in [-0.05, 0) is 5.53 Å². The molecule has 0 spiro atoms. The fourth-order valence-electron chi connectivity index (χ4n) is 0.866. The number of rotatable bonds is 3. The van der Waals surface area contributed by atoms with E-state index in [1.54, 1.807) is 6.92 Å². The summed E-state index contributed by atoms with van der Waals surface area (Å²) in [6, 6.07) is 0. The minimum Gasteiger partial charge on any atom is -0.241 e. The zero-order chi connectivity index (χ0) is 9.90. The van der Waals surface area contributed by atoms with Crippen molar-refractivity contribution < 1.29 is 8.42 Å². The van der Waals surface area contributed by atoms with E-state index in [-0.39, 0.29) is 0 Å². The first-order valence-corrected chi connectivity index (χ1v) is 4.85. The molecule has 0 saturated carbocycles. The summed E-state index contributed by atoms with van der Waals surface area (Å²) in [6.07, 6.45) is 3.03. The minimum absolute atomic E-state index is 0.340. The lowest BCUT2D eigenvalue weighted by Gasteiger charge is -2.00. The highest BCUT2D eigenvalue weighted by Gasteiger charge is 2.13. The van der Waals surface area contributed by atoms with Crippen LogP contribution in [0.2, 0.25) is 0 Å². The van der Waals surface area contributed by atoms with Crippen LogP contribution in [-0.4, -0.2) is 17.4 Å². The van der Waals surface area contributed by atoms with Crippen LogP contribution in [0.4, 0.5) is 0 Å². The van der Waals surface area contributed by atoms with E-state index in [4.69, 9.17) is 5.53 Å². The number of hydrogen-bond donors (Lipinski definition) is 0. The molecule has 8 heteroatoms. The highest BCUT2D eigenvalue weighted by molar-refractivity contribution is 7.88. The molecule has 1 aromatic rings. The molecule has 1 aromatic heterocycles. The summed E-state index contributed by atoms with van der Waals surface area (Å²) in [6.45, 7) is 1.75. The Bertz CT molecular complexity index is 441. The molecular weight excluding hydrogens is 194 g/mol. The Hall–Kier alpha value is -1.53. The van der Waals surface area contributed by atoms with Gasteiger partial charge >= 0.3 is 10.2 Å². The highest BCUT2D eigenvalue weighted by atomic mass is 32.2. The van der Waals surface area contributed by atoms with Crippen LogP contribution in [0.25, 0.3) is 10.4 Å². The molecule has 0 saturated heterocycles. The second-order valence-corrected chi connectivity index (χ2v) is 3.59. The monoisotopic (exact) mass is 201 g/mol. The molecule has 0 radical (unpaired) electrons. The van der Waals surface area contributed by atoms with Gasteiger partial charge < -0.3 is 0 Å². The molecule has 13 heavy (non-hydrogen) atoms. The van der Waals surface area contributed by atoms with Gasteiger partial charge in [-0.25, -0.2) is 8.96 Å². The molecule has 0 N–H and O–H groups in total. The third-order valence-electron chi connectivity index (χ3n) is 1.38. The van der Waals surface area contributed by atoms with Gasteiger partial charge in [0.1, 0.15) is 5.82 Å². The van der Waals surface area contributed by atoms with Crippen molar-refractivity contribution in [1.29, 1.82) is 0 Å². The van der Waals surface area contributed by atoms with Crippen molar-refractivity contribution in [3.05, 3.63) is 28.7 Å². The summed E-state index contributed by atoms with van der Waals surface area (Å²) in [4.78, 5) is 6.01. The Morgan fingerprint density at radius 3 is 3.00 bits per heavy atom. The number of nitrogens with zero attached hydrogens (tertiary/aromatic N) is 5. The Balaban J connectivity index is 3.30. The first kappa shape index (κ1) is 9.56. The van der Waals surface area contributed by atoms with Crippen molar-refractivity contribution in [2.75, 3.05) is 0 Å². The van der Waals surface area contributed by atoms with Crippen LogP contribution in [0.15, 0.2) is 16.9 Å². The van der Waals surface area contributed by atoms with Crippen LogP contribution < -0.4 is 0 Å². The van der Waals surface area contributed by atoms with Crippen molar-refractivity contribution >= 4 is 10.2 Å². The predicted molar refractivity (Wildman–Crippen MR) is 45.1 cm³/mol. The fourth-order valence-corrected chi connectivity index (χ4v) is 1.69. The number of aryl methyl sites for hydroxylation is 1. The average Bonchev–Trinajstić information content (AvgIpc) is 2.51. The SMILES string of the molecule is CCc1nccn1S(=O)(=O)N=[N+]=[N-]. The van der Waals surface area contributed by atoms with Gasteiger partial charge in [0.25, 0.3) is 0 Å². The molecule has 70 valence electrons. The minimum atomic E-state index is -3.95. The van der Waals surface area contributed by atoms with Crippen LogP contribution in [0.1, 0.15) is 12.7 Å². The quantitative estimate of drug-likeness (QED) is 0.411. The van der Waals surface area contributed by atoms with Gasteiger partial charge in [-0.3, -0.25) is 0 Å². The maximum absolute atomic E-state index is 11.2. The van der Waals surface area contributed by atoms with Crippen LogP contribution in [-0.2, 0) is 16.6 Å². The molecule has 0 fully saturated rings. The average molecular weight is 201 g/mol. The zero-order valence-corrected chi connectivity index (χ0v) is 7.64. The molecule has 0 bridgehead atoms. The van der Waals surface area contributed by atoms with E-state index in [1.165, 1.54) is 12.4 Å². The van der Waals surface area contributed by atoms with Crippen molar-refractivity contribution in [1.82, 2.24) is 8.96 Å². The van der Waals surface area contributed by atoms with Crippen molar-refractivity contribution in [2.24, 2.45) is 4.52 Å². The van der Waals surface area contributed by atoms with Gasteiger partial charge in [-0.2, -0.15) is 8.42 Å². The Morgan fingerprint density at radius 2 is 2.46 bits per heavy atom. The standard InChI is InChI=1S/C5H7N5O2S/c1-2-5-7-3-4-10(5)13(11,12)9-8-6/h3-4H,2H2,1H3. The molecule has 0 aliphatic carbocycles. The van der Waals surface area contributed by atoms with Gasteiger partial charge in [0.2, 0.25) is 0 Å². The molecule has 0 aliphatic rings. The number of aromatic nitrogens is 2. The molecule has 0 amide bonds. The normalized spacial score (nSPS) is 10.8. The van der Waals surface area contributed by atoms with Crippen molar-refractivity contribution in [2.45, 2.75) is 13.3 Å². The first-order valence-electron chi connectivity index (χ1n) is 3.46.